The van der Waals surface area contributed by atoms with Gasteiger partial charge in [-0.15, -0.1) is 11.6 Å². The quantitative estimate of drug-likeness (QED) is 0.596. The Bertz CT molecular complexity index is 279. The number of hydrogen-bond donors (Lipinski definition) is 2. The molecule has 0 spiro atoms. The molecule has 0 aromatic rings. The van der Waals surface area contributed by atoms with Crippen molar-refractivity contribution in [3.8, 4) is 0 Å². The maximum Gasteiger partial charge on any atom is 0.472 e. The van der Waals surface area contributed by atoms with E-state index in [-0.39, 0.29) is 0 Å². The van der Waals surface area contributed by atoms with Crippen LogP contribution >= 0.6 is 77.4 Å². The highest BCUT2D eigenvalue weighted by Crippen LogP contribution is 2.58. The van der Waals surface area contributed by atoms with E-state index in [2.05, 4.69) is 4.52 Å². The van der Waals surface area contributed by atoms with Crippen LogP contribution in [0.15, 0.2) is 0 Å². The third kappa shape index (κ3) is 4.55. The van der Waals surface area contributed by atoms with Crippen LogP contribution < -0.4 is 0 Å². The average Bonchev–Trinajstić information content (AvgIpc) is 1.77. The monoisotopic (exact) mass is 358 g/mol. The van der Waals surface area contributed by atoms with Crippen LogP contribution in [0.2, 0.25) is 0 Å². The summed E-state index contributed by atoms with van der Waals surface area (Å²) in [4.78, 5) is 15.0. The van der Waals surface area contributed by atoms with E-state index in [0.29, 0.717) is 0 Å². The number of phosphoric ester groups is 1. The average molecular weight is 361 g/mol. The van der Waals surface area contributed by atoms with Crippen LogP contribution in [0.25, 0.3) is 0 Å². The van der Waals surface area contributed by atoms with Crippen LogP contribution in [0.4, 0.5) is 0 Å². The second kappa shape index (κ2) is 4.85. The minimum atomic E-state index is -4.98. The first-order chi connectivity index (χ1) is 6.21. The van der Waals surface area contributed by atoms with Gasteiger partial charge < -0.3 is 9.79 Å². The predicted molar refractivity (Wildman–Crippen MR) is 62.1 cm³/mol. The minimum Gasteiger partial charge on any atom is -0.303 e. The van der Waals surface area contributed by atoms with Crippen LogP contribution in [-0.2, 0) is 9.09 Å². The Kier molecular flexibility index (Phi) is 5.45. The van der Waals surface area contributed by atoms with Crippen molar-refractivity contribution in [1.82, 2.24) is 0 Å². The van der Waals surface area contributed by atoms with Gasteiger partial charge in [-0.1, -0.05) is 58.0 Å². The summed E-state index contributed by atoms with van der Waals surface area (Å²) in [6.45, 7) is 1.05. The molecule has 11 heteroatoms. The van der Waals surface area contributed by atoms with E-state index in [4.69, 9.17) is 79.4 Å². The lowest BCUT2D eigenvalue weighted by atomic mass is 10.2. The topological polar surface area (TPSA) is 66.8 Å². The summed E-state index contributed by atoms with van der Waals surface area (Å²) in [5.41, 5.74) is 0. The number of hydrogen-bond acceptors (Lipinski definition) is 2. The van der Waals surface area contributed by atoms with Crippen molar-refractivity contribution in [3.05, 3.63) is 0 Å². The summed E-state index contributed by atoms with van der Waals surface area (Å²) in [5.74, 6) is 0. The van der Waals surface area contributed by atoms with Crippen molar-refractivity contribution >= 4 is 77.4 Å². The van der Waals surface area contributed by atoms with Crippen molar-refractivity contribution in [2.75, 3.05) is 0 Å². The summed E-state index contributed by atoms with van der Waals surface area (Å²) >= 11 is 32.9. The maximum absolute atomic E-state index is 10.5. The molecule has 2 N–H and O–H groups in total. The normalized spacial score (nSPS) is 18.7. The van der Waals surface area contributed by atoms with E-state index in [1.807, 2.05) is 0 Å². The molecule has 0 aliphatic carbocycles. The van der Waals surface area contributed by atoms with Crippen molar-refractivity contribution in [3.63, 3.8) is 0 Å². The number of alkyl halides is 6. The molecule has 1 atom stereocenters. The van der Waals surface area contributed by atoms with E-state index < -0.39 is 21.0 Å². The lowest BCUT2D eigenvalue weighted by molar-refractivity contribution is 0.130. The van der Waals surface area contributed by atoms with Crippen molar-refractivity contribution in [2.24, 2.45) is 0 Å². The number of rotatable bonds is 3. The summed E-state index contributed by atoms with van der Waals surface area (Å²) in [7, 11) is -4.98. The van der Waals surface area contributed by atoms with Crippen LogP contribution in [0, 0.1) is 0 Å². The fourth-order valence-corrected chi connectivity index (χ4v) is 2.49. The van der Waals surface area contributed by atoms with Gasteiger partial charge >= 0.3 is 7.82 Å². The first-order valence-corrected chi connectivity index (χ1v) is 6.90. The van der Waals surface area contributed by atoms with E-state index in [0.717, 1.165) is 6.92 Å². The third-order valence-electron chi connectivity index (χ3n) is 1.31. The minimum absolute atomic E-state index is 1.05. The first kappa shape index (κ1) is 16.9. The Labute approximate surface area is 116 Å². The number of halogens is 6. The Morgan fingerprint density at radius 2 is 1.40 bits per heavy atom. The zero-order valence-electron chi connectivity index (χ0n) is 6.93. The second-order valence-corrected chi connectivity index (χ2v) is 8.06. The molecule has 0 rings (SSSR count). The van der Waals surface area contributed by atoms with Crippen LogP contribution in [0.3, 0.4) is 0 Å². The standard InChI is InChI=1S/C4H5Cl6O4P/c1-2(5,3(6,7)8)4(9,10)14-15(11,12)13/h1H3,(H2,11,12,13). The Hall–Kier alpha value is 1.85. The molecule has 0 radical (unpaired) electrons. The van der Waals surface area contributed by atoms with Crippen molar-refractivity contribution < 1.29 is 18.9 Å². The van der Waals surface area contributed by atoms with Gasteiger partial charge in [0.25, 0.3) is 4.52 Å². The molecule has 0 aromatic heterocycles. The summed E-state index contributed by atoms with van der Waals surface area (Å²) in [6.07, 6.45) is 0. The van der Waals surface area contributed by atoms with E-state index in [1.165, 1.54) is 0 Å². The Morgan fingerprint density at radius 3 is 1.60 bits per heavy atom. The second-order valence-electron chi connectivity index (χ2n) is 2.60. The lowest BCUT2D eigenvalue weighted by Gasteiger charge is -2.38. The van der Waals surface area contributed by atoms with Crippen LogP contribution in [-0.4, -0.2) is 23.0 Å². The Balaban J connectivity index is 5.12. The molecule has 0 aromatic carbocycles. The zero-order valence-corrected chi connectivity index (χ0v) is 12.4. The van der Waals surface area contributed by atoms with Gasteiger partial charge in [0, 0.05) is 0 Å². The van der Waals surface area contributed by atoms with Gasteiger partial charge in [-0.3, -0.25) is 0 Å². The SMILES string of the molecule is CC(Cl)(C(Cl)(Cl)Cl)C(Cl)(Cl)OP(=O)(O)O. The highest BCUT2D eigenvalue weighted by molar-refractivity contribution is 7.46. The van der Waals surface area contributed by atoms with E-state index in [1.54, 1.807) is 0 Å². The van der Waals surface area contributed by atoms with E-state index >= 15 is 0 Å². The predicted octanol–water partition coefficient (Wildman–Crippen LogP) is 3.59. The Morgan fingerprint density at radius 1 is 1.07 bits per heavy atom. The first-order valence-electron chi connectivity index (χ1n) is 3.10. The maximum atomic E-state index is 10.5. The van der Waals surface area contributed by atoms with Crippen molar-refractivity contribution in [2.45, 2.75) is 20.1 Å². The molecule has 0 amide bonds. The smallest absolute Gasteiger partial charge is 0.303 e. The molecule has 0 saturated carbocycles. The molecule has 1 unspecified atom stereocenters. The molecular weight excluding hydrogens is 356 g/mol. The van der Waals surface area contributed by atoms with Gasteiger partial charge in [-0.25, -0.2) is 9.09 Å². The third-order valence-corrected chi connectivity index (χ3v) is 5.12. The van der Waals surface area contributed by atoms with Crippen LogP contribution in [0.1, 0.15) is 6.92 Å². The molecule has 92 valence electrons. The molecule has 0 heterocycles. The van der Waals surface area contributed by atoms with Gasteiger partial charge in [-0.05, 0) is 6.92 Å². The molecule has 4 nitrogen and oxygen atoms in total. The molecular formula is C4H5Cl6O4P. The molecule has 0 bridgehead atoms. The summed E-state index contributed by atoms with van der Waals surface area (Å²) < 4.78 is 9.78. The van der Waals surface area contributed by atoms with Crippen molar-refractivity contribution in [1.29, 1.82) is 0 Å². The molecule has 0 aliphatic rings. The largest absolute Gasteiger partial charge is 0.472 e. The van der Waals surface area contributed by atoms with Gasteiger partial charge in [0.2, 0.25) is 3.79 Å². The molecule has 15 heavy (non-hydrogen) atoms. The van der Waals surface area contributed by atoms with Gasteiger partial charge in [-0.2, -0.15) is 0 Å². The molecule has 0 aliphatic heterocycles. The van der Waals surface area contributed by atoms with Crippen LogP contribution in [0.5, 0.6) is 0 Å². The van der Waals surface area contributed by atoms with Gasteiger partial charge in [0.15, 0.2) is 0 Å². The van der Waals surface area contributed by atoms with Gasteiger partial charge in [0.1, 0.15) is 4.87 Å². The summed E-state index contributed by atoms with van der Waals surface area (Å²) in [6, 6.07) is 0. The molecule has 0 fully saturated rings. The highest BCUT2D eigenvalue weighted by atomic mass is 35.6. The number of phosphoric acid groups is 1. The van der Waals surface area contributed by atoms with Gasteiger partial charge in [0.05, 0.1) is 0 Å². The lowest BCUT2D eigenvalue weighted by Crippen LogP contribution is -2.50. The highest BCUT2D eigenvalue weighted by Gasteiger charge is 2.60. The zero-order chi connectivity index (χ0) is 12.7. The fraction of sp³-hybridized carbons (Fsp3) is 1.00. The van der Waals surface area contributed by atoms with E-state index in [9.17, 15) is 4.57 Å². The molecule has 0 saturated heterocycles. The fourth-order valence-electron chi connectivity index (χ4n) is 0.400. The summed E-state index contributed by atoms with van der Waals surface area (Å²) in [5, 5.41) is 0.